The highest BCUT2D eigenvalue weighted by Crippen LogP contribution is 2.43. The molecule has 4 aromatic heterocycles. The van der Waals surface area contributed by atoms with Crippen molar-refractivity contribution in [1.82, 2.24) is 30.4 Å². The number of aliphatic hydroxyl groups is 1. The monoisotopic (exact) mass is 534 g/mol. The first-order valence-electron chi connectivity index (χ1n) is 10.8. The fourth-order valence-corrected chi connectivity index (χ4v) is 6.90. The van der Waals surface area contributed by atoms with Crippen LogP contribution in [0.1, 0.15) is 58.9 Å². The maximum Gasteiger partial charge on any atom is 0.232 e. The third kappa shape index (κ3) is 5.99. The van der Waals surface area contributed by atoms with E-state index in [2.05, 4.69) is 41.0 Å². The smallest absolute Gasteiger partial charge is 0.232 e. The summed E-state index contributed by atoms with van der Waals surface area (Å²) in [5.41, 5.74) is 5.07. The molecule has 178 valence electrons. The lowest BCUT2D eigenvalue weighted by molar-refractivity contribution is -0.115. The number of nitrogens with one attached hydrogen (secondary N) is 2. The number of amides is 1. The van der Waals surface area contributed by atoms with Gasteiger partial charge in [0.2, 0.25) is 16.2 Å². The Morgan fingerprint density at radius 3 is 2.29 bits per heavy atom. The summed E-state index contributed by atoms with van der Waals surface area (Å²) >= 11 is 5.90. The Morgan fingerprint density at radius 1 is 0.971 bits per heavy atom. The number of aromatic nitrogens is 6. The Kier molecular flexibility index (Phi) is 7.49. The minimum absolute atomic E-state index is 0.138. The zero-order valence-corrected chi connectivity index (χ0v) is 21.2. The molecule has 1 amide bonds. The Bertz CT molecular complexity index is 1190. The lowest BCUT2D eigenvalue weighted by Crippen LogP contribution is -2.21. The summed E-state index contributed by atoms with van der Waals surface area (Å²) < 4.78 is 0. The molecule has 0 bridgehead atoms. The minimum Gasteiger partial charge on any atom is -0.373 e. The van der Waals surface area contributed by atoms with Crippen molar-refractivity contribution in [2.24, 2.45) is 0 Å². The van der Waals surface area contributed by atoms with Gasteiger partial charge in [-0.1, -0.05) is 29.1 Å². The maximum absolute atomic E-state index is 12.2. The van der Waals surface area contributed by atoms with Gasteiger partial charge in [0.25, 0.3) is 0 Å². The van der Waals surface area contributed by atoms with Crippen LogP contribution in [-0.2, 0) is 17.6 Å². The summed E-state index contributed by atoms with van der Waals surface area (Å²) in [6.07, 6.45) is 3.95. The number of rotatable bonds is 9. The van der Waals surface area contributed by atoms with Crippen LogP contribution in [-0.4, -0.2) is 47.6 Å². The lowest BCUT2D eigenvalue weighted by Gasteiger charge is -2.25. The van der Waals surface area contributed by atoms with E-state index in [0.717, 1.165) is 47.1 Å². The number of hydrogen-bond donors (Lipinski definition) is 3. The van der Waals surface area contributed by atoms with Gasteiger partial charge in [-0.3, -0.25) is 4.79 Å². The first-order chi connectivity index (χ1) is 16.6. The molecular formula is C20H22N8O2S4. The highest BCUT2D eigenvalue weighted by molar-refractivity contribution is 7.15. The number of thiazole rings is 2. The highest BCUT2D eigenvalue weighted by atomic mass is 32.1. The van der Waals surface area contributed by atoms with E-state index >= 15 is 0 Å². The van der Waals surface area contributed by atoms with Gasteiger partial charge in [-0.25, -0.2) is 9.97 Å². The Hall–Kier alpha value is -2.39. The number of anilines is 2. The largest absolute Gasteiger partial charge is 0.373 e. The van der Waals surface area contributed by atoms with Gasteiger partial charge in [0.05, 0.1) is 28.8 Å². The highest BCUT2D eigenvalue weighted by Gasteiger charge is 2.29. The number of nitrogens with zero attached hydrogens (tertiary/aromatic N) is 6. The van der Waals surface area contributed by atoms with E-state index in [-0.39, 0.29) is 24.2 Å². The van der Waals surface area contributed by atoms with Crippen LogP contribution in [0.15, 0.2) is 21.8 Å². The first-order valence-corrected chi connectivity index (χ1v) is 14.3. The Labute approximate surface area is 211 Å². The normalized spacial score (nSPS) is 19.1. The standard InChI is InChI=1S/C20H22N8O2S4/c29-15(5-13-7-31-9-21-13)23-19-27-25-17(33-19)11-2-1-3-12(4-11)18-26-28-20(34-18)24-16(30)6-14-8-32-10-22-14/h7-12,15,29H,1-6H2,(H,23,27)(H,24,28,30)/t11-,12-,15?/m0/s1. The molecule has 4 aromatic rings. The molecule has 14 heteroatoms. The predicted molar refractivity (Wildman–Crippen MR) is 134 cm³/mol. The van der Waals surface area contributed by atoms with Crippen molar-refractivity contribution in [3.05, 3.63) is 43.2 Å². The zero-order chi connectivity index (χ0) is 23.3. The second-order valence-electron chi connectivity index (χ2n) is 8.00. The number of hydrogen-bond acceptors (Lipinski definition) is 13. The molecule has 10 nitrogen and oxygen atoms in total. The van der Waals surface area contributed by atoms with Crippen molar-refractivity contribution in [2.45, 2.75) is 56.6 Å². The lowest BCUT2D eigenvalue weighted by atomic mass is 9.82. The summed E-state index contributed by atoms with van der Waals surface area (Å²) in [6, 6.07) is 0. The van der Waals surface area contributed by atoms with Crippen molar-refractivity contribution in [3.8, 4) is 0 Å². The van der Waals surface area contributed by atoms with Gasteiger partial charge in [0, 0.05) is 29.0 Å². The van der Waals surface area contributed by atoms with Crippen molar-refractivity contribution in [3.63, 3.8) is 0 Å². The van der Waals surface area contributed by atoms with Gasteiger partial charge in [0.1, 0.15) is 16.2 Å². The summed E-state index contributed by atoms with van der Waals surface area (Å²) in [7, 11) is 0. The van der Waals surface area contributed by atoms with Gasteiger partial charge in [0.15, 0.2) is 0 Å². The SMILES string of the molecule is O=C(Cc1cscn1)Nc1nnc([C@H]2CCC[C@H](c3nnc(NC(O)Cc4cscn4)s3)C2)s1. The summed E-state index contributed by atoms with van der Waals surface area (Å²) in [5.74, 6) is 0.422. The number of carbonyl (C=O) groups is 1. The topological polar surface area (TPSA) is 139 Å². The first kappa shape index (κ1) is 23.4. The van der Waals surface area contributed by atoms with Crippen LogP contribution in [0.4, 0.5) is 10.3 Å². The molecule has 1 aliphatic rings. The molecule has 4 heterocycles. The molecule has 1 saturated carbocycles. The summed E-state index contributed by atoms with van der Waals surface area (Å²) in [5, 5.41) is 40.1. The molecule has 0 saturated heterocycles. The fraction of sp³-hybridized carbons (Fsp3) is 0.450. The molecule has 34 heavy (non-hydrogen) atoms. The molecule has 3 N–H and O–H groups in total. The second-order valence-corrected chi connectivity index (χ2v) is 11.5. The third-order valence-corrected chi connectivity index (χ3v) is 8.79. The van der Waals surface area contributed by atoms with Crippen LogP contribution < -0.4 is 10.6 Å². The molecule has 0 radical (unpaired) electrons. The molecule has 1 fully saturated rings. The van der Waals surface area contributed by atoms with E-state index in [1.165, 1.54) is 45.3 Å². The van der Waals surface area contributed by atoms with Gasteiger partial charge >= 0.3 is 0 Å². The Balaban J connectivity index is 1.16. The van der Waals surface area contributed by atoms with E-state index in [4.69, 9.17) is 0 Å². The van der Waals surface area contributed by atoms with Crippen molar-refractivity contribution >= 4 is 61.5 Å². The average Bonchev–Trinajstić information content (AvgIpc) is 3.63. The predicted octanol–water partition coefficient (Wildman–Crippen LogP) is 3.90. The second kappa shape index (κ2) is 10.9. The quantitative estimate of drug-likeness (QED) is 0.273. The third-order valence-electron chi connectivity index (χ3n) is 5.50. The van der Waals surface area contributed by atoms with Gasteiger partial charge in [-0.2, -0.15) is 0 Å². The van der Waals surface area contributed by atoms with Crippen LogP contribution in [0.3, 0.4) is 0 Å². The van der Waals surface area contributed by atoms with Crippen LogP contribution in [0.25, 0.3) is 0 Å². The van der Waals surface area contributed by atoms with E-state index in [0.29, 0.717) is 16.7 Å². The fourth-order valence-electron chi connectivity index (χ4n) is 3.93. The molecule has 0 aromatic carbocycles. The van der Waals surface area contributed by atoms with Crippen LogP contribution in [0, 0.1) is 0 Å². The molecule has 5 rings (SSSR count). The molecule has 0 aliphatic heterocycles. The Morgan fingerprint density at radius 2 is 1.62 bits per heavy atom. The van der Waals surface area contributed by atoms with E-state index in [1.807, 2.05) is 10.8 Å². The molecule has 0 spiro atoms. The minimum atomic E-state index is -0.757. The maximum atomic E-state index is 12.2. The number of aliphatic hydroxyl groups excluding tert-OH is 1. The van der Waals surface area contributed by atoms with E-state index < -0.39 is 6.23 Å². The van der Waals surface area contributed by atoms with Crippen molar-refractivity contribution in [2.75, 3.05) is 10.6 Å². The summed E-state index contributed by atoms with van der Waals surface area (Å²) in [4.78, 5) is 20.6. The van der Waals surface area contributed by atoms with Crippen LogP contribution in [0.5, 0.6) is 0 Å². The zero-order valence-electron chi connectivity index (χ0n) is 18.0. The van der Waals surface area contributed by atoms with E-state index in [9.17, 15) is 9.90 Å². The molecule has 1 aliphatic carbocycles. The van der Waals surface area contributed by atoms with Gasteiger partial charge < -0.3 is 15.7 Å². The molecule has 1 unspecified atom stereocenters. The van der Waals surface area contributed by atoms with Crippen molar-refractivity contribution in [1.29, 1.82) is 0 Å². The number of carbonyl (C=O) groups excluding carboxylic acids is 1. The summed E-state index contributed by atoms with van der Waals surface area (Å²) in [6.45, 7) is 0. The molecule has 3 atom stereocenters. The van der Waals surface area contributed by atoms with Crippen LogP contribution >= 0.6 is 45.3 Å². The van der Waals surface area contributed by atoms with Gasteiger partial charge in [-0.05, 0) is 19.3 Å². The van der Waals surface area contributed by atoms with Crippen molar-refractivity contribution < 1.29 is 9.90 Å². The van der Waals surface area contributed by atoms with Crippen LogP contribution in [0.2, 0.25) is 0 Å². The van der Waals surface area contributed by atoms with E-state index in [1.54, 1.807) is 11.0 Å². The average molecular weight is 535 g/mol. The van der Waals surface area contributed by atoms with Gasteiger partial charge in [-0.15, -0.1) is 43.1 Å². The molecular weight excluding hydrogens is 513 g/mol.